The van der Waals surface area contributed by atoms with Crippen LogP contribution < -0.4 is 10.6 Å². The molecule has 2 atom stereocenters. The minimum absolute atomic E-state index is 0.0441. The summed E-state index contributed by atoms with van der Waals surface area (Å²) in [4.78, 5) is 12.9. The molecule has 0 aliphatic rings. The van der Waals surface area contributed by atoms with Crippen molar-refractivity contribution in [2.24, 2.45) is 0 Å². The van der Waals surface area contributed by atoms with Gasteiger partial charge in [0.2, 0.25) is 0 Å². The van der Waals surface area contributed by atoms with Gasteiger partial charge in [0.1, 0.15) is 0 Å². The molecule has 0 aliphatic carbocycles. The summed E-state index contributed by atoms with van der Waals surface area (Å²) >= 11 is 0. The van der Waals surface area contributed by atoms with Gasteiger partial charge in [-0.1, -0.05) is 81.3 Å². The quantitative estimate of drug-likeness (QED) is 0.268. The van der Waals surface area contributed by atoms with Crippen molar-refractivity contribution in [3.63, 3.8) is 0 Å². The topological polar surface area (TPSA) is 61.4 Å². The first-order valence-electron chi connectivity index (χ1n) is 13.1. The first-order valence-corrected chi connectivity index (χ1v) is 13.1. The lowest BCUT2D eigenvalue weighted by molar-refractivity contribution is 0.0135. The monoisotopic (exact) mass is 504 g/mol. The molecule has 0 aromatic heterocycles. The molecule has 0 heterocycles. The van der Waals surface area contributed by atoms with Gasteiger partial charge < -0.3 is 15.7 Å². The number of alkyl halides is 1. The second-order valence-corrected chi connectivity index (χ2v) is 10.9. The molecule has 2 unspecified atom stereocenters. The minimum Gasteiger partial charge on any atom is -0.390 e. The molecule has 0 saturated carbocycles. The Hall–Kier alpha value is -3.18. The molecule has 0 radical (unpaired) electrons. The second-order valence-electron chi connectivity index (χ2n) is 10.9. The van der Waals surface area contributed by atoms with E-state index in [-0.39, 0.29) is 11.3 Å². The van der Waals surface area contributed by atoms with Crippen molar-refractivity contribution < 1.29 is 14.3 Å². The maximum Gasteiger partial charge on any atom is 0.251 e. The highest BCUT2D eigenvalue weighted by Gasteiger charge is 2.31. The second kappa shape index (κ2) is 11.9. The number of halogens is 1. The van der Waals surface area contributed by atoms with Crippen molar-refractivity contribution in [3.8, 4) is 0 Å². The first-order chi connectivity index (χ1) is 17.4. The van der Waals surface area contributed by atoms with Gasteiger partial charge in [-0.2, -0.15) is 0 Å². The summed E-state index contributed by atoms with van der Waals surface area (Å²) in [5.41, 5.74) is 4.76. The molecule has 4 nitrogen and oxygen atoms in total. The molecule has 0 aliphatic heterocycles. The number of aliphatic hydroxyl groups is 1. The van der Waals surface area contributed by atoms with Gasteiger partial charge in [0, 0.05) is 29.8 Å². The fourth-order valence-corrected chi connectivity index (χ4v) is 4.28. The molecule has 0 saturated heterocycles. The van der Waals surface area contributed by atoms with Crippen LogP contribution in [0, 0.1) is 6.92 Å². The highest BCUT2D eigenvalue weighted by atomic mass is 19.1. The Morgan fingerprint density at radius 1 is 0.973 bits per heavy atom. The van der Waals surface area contributed by atoms with Crippen molar-refractivity contribution in [3.05, 3.63) is 100 Å². The number of benzene rings is 3. The number of hydrogen-bond donors (Lipinski definition) is 3. The van der Waals surface area contributed by atoms with Gasteiger partial charge in [-0.05, 0) is 67.6 Å². The Labute approximate surface area is 221 Å². The SMILES string of the molecule is CCCc1cc(C(=O)NCc2ccc(C(C)(F)C(C)O)cc2)ccc1NCC(C)(C)c1ccc(C)cc1. The van der Waals surface area contributed by atoms with Crippen LogP contribution in [0.1, 0.15) is 79.2 Å². The van der Waals surface area contributed by atoms with Gasteiger partial charge >= 0.3 is 0 Å². The Bertz CT molecular complexity index is 1180. The summed E-state index contributed by atoms with van der Waals surface area (Å²) in [7, 11) is 0. The third-order valence-corrected chi connectivity index (χ3v) is 7.20. The van der Waals surface area contributed by atoms with E-state index in [0.717, 1.165) is 36.2 Å². The van der Waals surface area contributed by atoms with Gasteiger partial charge in [-0.15, -0.1) is 0 Å². The molecule has 0 spiro atoms. The van der Waals surface area contributed by atoms with Crippen molar-refractivity contribution in [1.29, 1.82) is 0 Å². The molecular weight excluding hydrogens is 463 g/mol. The van der Waals surface area contributed by atoms with Crippen LogP contribution in [-0.4, -0.2) is 23.7 Å². The van der Waals surface area contributed by atoms with Gasteiger partial charge in [0.25, 0.3) is 5.91 Å². The third kappa shape index (κ3) is 7.20. The van der Waals surface area contributed by atoms with Crippen molar-refractivity contribution in [2.75, 3.05) is 11.9 Å². The smallest absolute Gasteiger partial charge is 0.251 e. The van der Waals surface area contributed by atoms with E-state index in [1.165, 1.54) is 25.0 Å². The van der Waals surface area contributed by atoms with E-state index in [2.05, 4.69) is 62.6 Å². The number of anilines is 1. The number of nitrogens with one attached hydrogen (secondary N) is 2. The summed E-state index contributed by atoms with van der Waals surface area (Å²) in [5, 5.41) is 16.3. The average Bonchev–Trinajstić information content (AvgIpc) is 2.87. The standard InChI is InChI=1S/C32H41FN2O2/c1-7-8-25-19-26(13-18-29(25)35-21-31(4,5)27-14-9-22(2)10-15-27)30(37)34-20-24-11-16-28(17-12-24)32(6,33)23(3)36/h9-19,23,35-36H,7-8,20-21H2,1-6H3,(H,34,37). The lowest BCUT2D eigenvalue weighted by atomic mass is 9.84. The molecule has 3 aromatic carbocycles. The normalized spacial score (nSPS) is 14.1. The Balaban J connectivity index is 1.66. The van der Waals surface area contributed by atoms with Crippen LogP contribution in [0.3, 0.4) is 0 Å². The Kier molecular flexibility index (Phi) is 9.14. The number of aryl methyl sites for hydroxylation is 2. The van der Waals surface area contributed by atoms with Crippen LogP contribution in [0.15, 0.2) is 66.7 Å². The molecule has 0 bridgehead atoms. The van der Waals surface area contributed by atoms with Crippen LogP contribution >= 0.6 is 0 Å². The third-order valence-electron chi connectivity index (χ3n) is 7.20. The van der Waals surface area contributed by atoms with Crippen LogP contribution in [-0.2, 0) is 24.0 Å². The van der Waals surface area contributed by atoms with E-state index in [4.69, 9.17) is 0 Å². The maximum atomic E-state index is 14.6. The van der Waals surface area contributed by atoms with Crippen LogP contribution in [0.5, 0.6) is 0 Å². The lowest BCUT2D eigenvalue weighted by Gasteiger charge is -2.27. The molecular formula is C32H41FN2O2. The summed E-state index contributed by atoms with van der Waals surface area (Å²) < 4.78 is 14.6. The minimum atomic E-state index is -1.82. The zero-order valence-corrected chi connectivity index (χ0v) is 23.0. The van der Waals surface area contributed by atoms with Crippen LogP contribution in [0.4, 0.5) is 10.1 Å². The van der Waals surface area contributed by atoms with E-state index < -0.39 is 11.8 Å². The molecule has 37 heavy (non-hydrogen) atoms. The molecule has 1 amide bonds. The predicted molar refractivity (Wildman–Crippen MR) is 151 cm³/mol. The summed E-state index contributed by atoms with van der Waals surface area (Å²) in [6.07, 6.45) is 0.746. The number of rotatable bonds is 11. The van der Waals surface area contributed by atoms with E-state index in [9.17, 15) is 14.3 Å². The molecule has 0 fully saturated rings. The zero-order chi connectivity index (χ0) is 27.2. The number of carbonyl (C=O) groups is 1. The fraction of sp³-hybridized carbons (Fsp3) is 0.406. The summed E-state index contributed by atoms with van der Waals surface area (Å²) in [6, 6.07) is 21.4. The molecule has 5 heteroatoms. The summed E-state index contributed by atoms with van der Waals surface area (Å²) in [5.74, 6) is -0.146. The summed E-state index contributed by atoms with van der Waals surface area (Å²) in [6.45, 7) is 12.6. The van der Waals surface area contributed by atoms with Crippen LogP contribution in [0.25, 0.3) is 0 Å². The van der Waals surface area contributed by atoms with Crippen molar-refractivity contribution >= 4 is 11.6 Å². The Morgan fingerprint density at radius 2 is 1.59 bits per heavy atom. The van der Waals surface area contributed by atoms with Gasteiger partial charge in [-0.3, -0.25) is 4.79 Å². The van der Waals surface area contributed by atoms with E-state index in [1.54, 1.807) is 24.3 Å². The highest BCUT2D eigenvalue weighted by Crippen LogP contribution is 2.30. The van der Waals surface area contributed by atoms with Gasteiger partial charge in [-0.25, -0.2) is 4.39 Å². The van der Waals surface area contributed by atoms with Gasteiger partial charge in [0.05, 0.1) is 6.10 Å². The fourth-order valence-electron chi connectivity index (χ4n) is 4.28. The molecule has 3 N–H and O–H groups in total. The predicted octanol–water partition coefficient (Wildman–Crippen LogP) is 6.83. The average molecular weight is 505 g/mol. The van der Waals surface area contributed by atoms with Crippen LogP contribution in [0.2, 0.25) is 0 Å². The van der Waals surface area contributed by atoms with Crippen molar-refractivity contribution in [2.45, 2.75) is 78.1 Å². The molecule has 3 rings (SSSR count). The Morgan fingerprint density at radius 3 is 2.19 bits per heavy atom. The number of carbonyl (C=O) groups excluding carboxylic acids is 1. The van der Waals surface area contributed by atoms with E-state index in [1.807, 2.05) is 18.2 Å². The molecule has 3 aromatic rings. The highest BCUT2D eigenvalue weighted by molar-refractivity contribution is 5.94. The number of hydrogen-bond acceptors (Lipinski definition) is 3. The first kappa shape index (κ1) is 28.4. The zero-order valence-electron chi connectivity index (χ0n) is 23.0. The molecule has 198 valence electrons. The maximum absolute atomic E-state index is 14.6. The van der Waals surface area contributed by atoms with Crippen molar-refractivity contribution in [1.82, 2.24) is 5.32 Å². The van der Waals surface area contributed by atoms with Gasteiger partial charge in [0.15, 0.2) is 5.67 Å². The lowest BCUT2D eigenvalue weighted by Crippen LogP contribution is -2.29. The van der Waals surface area contributed by atoms with E-state index in [0.29, 0.717) is 17.7 Å². The van der Waals surface area contributed by atoms with E-state index >= 15 is 0 Å². The number of aliphatic hydroxyl groups excluding tert-OH is 1. The number of amides is 1. The largest absolute Gasteiger partial charge is 0.390 e.